The van der Waals surface area contributed by atoms with E-state index in [1.807, 2.05) is 18.9 Å². The topological polar surface area (TPSA) is 64.2 Å². The summed E-state index contributed by atoms with van der Waals surface area (Å²) in [5, 5.41) is 4.25. The predicted octanol–water partition coefficient (Wildman–Crippen LogP) is 0.823. The van der Waals surface area contributed by atoms with E-state index in [0.717, 1.165) is 30.6 Å². The maximum absolute atomic E-state index is 11.7. The molecule has 0 saturated carbocycles. The molecule has 1 aromatic heterocycles. The first-order valence-corrected chi connectivity index (χ1v) is 5.65. The second kappa shape index (κ2) is 4.15. The molecule has 16 heavy (non-hydrogen) atoms. The van der Waals surface area contributed by atoms with Gasteiger partial charge in [0.2, 0.25) is 5.91 Å². The lowest BCUT2D eigenvalue weighted by Crippen LogP contribution is -2.34. The number of amides is 1. The van der Waals surface area contributed by atoms with E-state index in [-0.39, 0.29) is 5.91 Å². The summed E-state index contributed by atoms with van der Waals surface area (Å²) in [4.78, 5) is 13.6. The quantitative estimate of drug-likeness (QED) is 0.805. The number of likely N-dealkylation sites (tertiary alicyclic amines) is 1. The Kier molecular flexibility index (Phi) is 2.85. The molecule has 0 bridgehead atoms. The van der Waals surface area contributed by atoms with Crippen molar-refractivity contribution >= 4 is 11.7 Å². The number of anilines is 1. The Bertz CT molecular complexity index is 410. The number of piperidine rings is 1. The van der Waals surface area contributed by atoms with E-state index < -0.39 is 0 Å². The van der Waals surface area contributed by atoms with Gasteiger partial charge in [-0.25, -0.2) is 0 Å². The summed E-state index contributed by atoms with van der Waals surface area (Å²) < 4.78 is 1.67. The molecular weight excluding hydrogens is 204 g/mol. The van der Waals surface area contributed by atoms with Gasteiger partial charge in [0.25, 0.3) is 0 Å². The summed E-state index contributed by atoms with van der Waals surface area (Å²) in [6.45, 7) is 3.37. The average Bonchev–Trinajstić information content (AvgIpc) is 2.48. The summed E-state index contributed by atoms with van der Waals surface area (Å²) >= 11 is 0. The highest BCUT2D eigenvalue weighted by atomic mass is 16.2. The number of nitrogen functional groups attached to an aromatic ring is 1. The number of carbonyl (C=O) groups excluding carboxylic acids is 1. The van der Waals surface area contributed by atoms with Gasteiger partial charge in [-0.2, -0.15) is 5.10 Å². The van der Waals surface area contributed by atoms with Gasteiger partial charge in [-0.15, -0.1) is 0 Å². The number of carbonyl (C=O) groups is 1. The number of aromatic nitrogens is 2. The van der Waals surface area contributed by atoms with E-state index in [1.165, 1.54) is 0 Å². The standard InChI is InChI=1S/C11H18N4O/c1-8-9(11(12)14(2)13-8)7-15-6-4-3-5-10(15)16/h3-7,12H2,1-2H3. The van der Waals surface area contributed by atoms with Crippen LogP contribution >= 0.6 is 0 Å². The van der Waals surface area contributed by atoms with E-state index in [1.54, 1.807) is 4.68 Å². The molecule has 5 heteroatoms. The molecule has 0 aliphatic carbocycles. The second-order valence-corrected chi connectivity index (χ2v) is 4.35. The minimum absolute atomic E-state index is 0.230. The van der Waals surface area contributed by atoms with Gasteiger partial charge in [-0.05, 0) is 19.8 Å². The van der Waals surface area contributed by atoms with Crippen LogP contribution in [0.4, 0.5) is 5.82 Å². The first kappa shape index (κ1) is 11.0. The van der Waals surface area contributed by atoms with Crippen LogP contribution in [0.1, 0.15) is 30.5 Å². The Morgan fingerprint density at radius 1 is 1.44 bits per heavy atom. The first-order valence-electron chi connectivity index (χ1n) is 5.65. The van der Waals surface area contributed by atoms with Crippen molar-refractivity contribution in [2.24, 2.45) is 7.05 Å². The lowest BCUT2D eigenvalue weighted by molar-refractivity contribution is -0.133. The molecule has 1 aliphatic rings. The third kappa shape index (κ3) is 1.89. The fourth-order valence-electron chi connectivity index (χ4n) is 2.14. The van der Waals surface area contributed by atoms with Crippen LogP contribution in [0.15, 0.2) is 0 Å². The Hall–Kier alpha value is -1.52. The van der Waals surface area contributed by atoms with Crippen LogP contribution < -0.4 is 5.73 Å². The second-order valence-electron chi connectivity index (χ2n) is 4.35. The Morgan fingerprint density at radius 3 is 2.75 bits per heavy atom. The molecule has 1 aliphatic heterocycles. The Morgan fingerprint density at radius 2 is 2.19 bits per heavy atom. The lowest BCUT2D eigenvalue weighted by Gasteiger charge is -2.26. The van der Waals surface area contributed by atoms with Crippen molar-refractivity contribution in [2.45, 2.75) is 32.7 Å². The van der Waals surface area contributed by atoms with E-state index in [2.05, 4.69) is 5.10 Å². The SMILES string of the molecule is Cc1nn(C)c(N)c1CN1CCCCC1=O. The number of aryl methyl sites for hydroxylation is 2. The van der Waals surface area contributed by atoms with Gasteiger partial charge in [-0.3, -0.25) is 9.48 Å². The number of nitrogens with two attached hydrogens (primary N) is 1. The number of hydrogen-bond donors (Lipinski definition) is 1. The van der Waals surface area contributed by atoms with Crippen LogP contribution in [0.5, 0.6) is 0 Å². The summed E-state index contributed by atoms with van der Waals surface area (Å²) in [7, 11) is 1.82. The van der Waals surface area contributed by atoms with Crippen LogP contribution in [0.25, 0.3) is 0 Å². The summed E-state index contributed by atoms with van der Waals surface area (Å²) in [6.07, 6.45) is 2.76. The van der Waals surface area contributed by atoms with Gasteiger partial charge in [0.15, 0.2) is 0 Å². The molecule has 2 heterocycles. The fourth-order valence-corrected chi connectivity index (χ4v) is 2.14. The highest BCUT2D eigenvalue weighted by Crippen LogP contribution is 2.20. The molecule has 88 valence electrons. The molecule has 0 aromatic carbocycles. The predicted molar refractivity (Wildman–Crippen MR) is 61.6 cm³/mol. The van der Waals surface area contributed by atoms with E-state index in [0.29, 0.717) is 18.8 Å². The van der Waals surface area contributed by atoms with Gasteiger partial charge >= 0.3 is 0 Å². The Labute approximate surface area is 95.2 Å². The molecule has 0 spiro atoms. The fraction of sp³-hybridized carbons (Fsp3) is 0.636. The molecule has 5 nitrogen and oxygen atoms in total. The number of rotatable bonds is 2. The summed E-state index contributed by atoms with van der Waals surface area (Å²) in [5.41, 5.74) is 7.83. The van der Waals surface area contributed by atoms with Crippen molar-refractivity contribution in [3.8, 4) is 0 Å². The molecule has 0 radical (unpaired) electrons. The van der Waals surface area contributed by atoms with Gasteiger partial charge in [0, 0.05) is 25.6 Å². The highest BCUT2D eigenvalue weighted by Gasteiger charge is 2.21. The van der Waals surface area contributed by atoms with Crippen molar-refractivity contribution in [1.82, 2.24) is 14.7 Å². The molecule has 0 unspecified atom stereocenters. The van der Waals surface area contributed by atoms with Crippen LogP contribution in [-0.4, -0.2) is 27.1 Å². The van der Waals surface area contributed by atoms with E-state index in [9.17, 15) is 4.79 Å². The summed E-state index contributed by atoms with van der Waals surface area (Å²) in [6, 6.07) is 0. The van der Waals surface area contributed by atoms with Gasteiger partial charge in [0.1, 0.15) is 5.82 Å². The third-order valence-electron chi connectivity index (χ3n) is 3.16. The molecule has 1 saturated heterocycles. The zero-order valence-corrected chi connectivity index (χ0v) is 9.86. The van der Waals surface area contributed by atoms with Crippen molar-refractivity contribution in [3.63, 3.8) is 0 Å². The molecule has 0 atom stereocenters. The maximum Gasteiger partial charge on any atom is 0.222 e. The first-order chi connectivity index (χ1) is 7.59. The van der Waals surface area contributed by atoms with Crippen LogP contribution in [0.2, 0.25) is 0 Å². The van der Waals surface area contributed by atoms with Gasteiger partial charge in [0.05, 0.1) is 12.2 Å². The van der Waals surface area contributed by atoms with Crippen molar-refractivity contribution in [2.75, 3.05) is 12.3 Å². The van der Waals surface area contributed by atoms with Crippen LogP contribution in [0.3, 0.4) is 0 Å². The normalized spacial score (nSPS) is 16.9. The third-order valence-corrected chi connectivity index (χ3v) is 3.16. The van der Waals surface area contributed by atoms with Crippen molar-refractivity contribution < 1.29 is 4.79 Å². The van der Waals surface area contributed by atoms with Crippen molar-refractivity contribution in [3.05, 3.63) is 11.3 Å². The molecule has 2 rings (SSSR count). The highest BCUT2D eigenvalue weighted by molar-refractivity contribution is 5.77. The zero-order chi connectivity index (χ0) is 11.7. The van der Waals surface area contributed by atoms with Crippen molar-refractivity contribution in [1.29, 1.82) is 0 Å². The number of hydrogen-bond acceptors (Lipinski definition) is 3. The zero-order valence-electron chi connectivity index (χ0n) is 9.86. The van der Waals surface area contributed by atoms with E-state index in [4.69, 9.17) is 5.73 Å². The minimum Gasteiger partial charge on any atom is -0.384 e. The van der Waals surface area contributed by atoms with Gasteiger partial charge in [-0.1, -0.05) is 0 Å². The van der Waals surface area contributed by atoms with Crippen LogP contribution in [-0.2, 0) is 18.4 Å². The van der Waals surface area contributed by atoms with Gasteiger partial charge < -0.3 is 10.6 Å². The molecule has 1 fully saturated rings. The Balaban J connectivity index is 2.16. The van der Waals surface area contributed by atoms with E-state index >= 15 is 0 Å². The minimum atomic E-state index is 0.230. The number of nitrogens with zero attached hydrogens (tertiary/aromatic N) is 3. The smallest absolute Gasteiger partial charge is 0.222 e. The molecule has 2 N–H and O–H groups in total. The lowest BCUT2D eigenvalue weighted by atomic mass is 10.1. The monoisotopic (exact) mass is 222 g/mol. The molecular formula is C11H18N4O. The summed E-state index contributed by atoms with van der Waals surface area (Å²) in [5.74, 6) is 0.893. The molecule has 1 aromatic rings. The average molecular weight is 222 g/mol. The largest absolute Gasteiger partial charge is 0.384 e. The molecule has 1 amide bonds. The maximum atomic E-state index is 11.7. The van der Waals surface area contributed by atoms with Crippen LogP contribution in [0, 0.1) is 6.92 Å².